The summed E-state index contributed by atoms with van der Waals surface area (Å²) in [6.07, 6.45) is 0. The van der Waals surface area contributed by atoms with Crippen LogP contribution < -0.4 is 10.5 Å². The van der Waals surface area contributed by atoms with Crippen molar-refractivity contribution in [3.63, 3.8) is 0 Å². The molecular formula is C13H9F2N3O3. The number of amidine groups is 1. The summed E-state index contributed by atoms with van der Waals surface area (Å²) >= 11 is 0. The average Bonchev–Trinajstić information content (AvgIpc) is 2.42. The maximum absolute atomic E-state index is 13.1. The number of halogens is 2. The van der Waals surface area contributed by atoms with Crippen LogP contribution in [0.1, 0.15) is 5.56 Å². The summed E-state index contributed by atoms with van der Waals surface area (Å²) in [6.45, 7) is 0. The van der Waals surface area contributed by atoms with Gasteiger partial charge in [-0.3, -0.25) is 15.5 Å². The first kappa shape index (κ1) is 14.4. The summed E-state index contributed by atoms with van der Waals surface area (Å²) in [5.74, 6) is -2.18. The molecule has 0 amide bonds. The standard InChI is InChI=1S/C13H9F2N3O3/c14-7-1-3-11(9(5-7)13(16)17)21-12-4-2-8(15)6-10(12)18(19)20/h1-6H,(H3,16,17). The van der Waals surface area contributed by atoms with Gasteiger partial charge in [0.1, 0.15) is 23.2 Å². The Labute approximate surface area is 117 Å². The van der Waals surface area contributed by atoms with E-state index in [1.54, 1.807) is 0 Å². The first-order valence-corrected chi connectivity index (χ1v) is 5.64. The van der Waals surface area contributed by atoms with E-state index in [1.165, 1.54) is 6.07 Å². The fraction of sp³-hybridized carbons (Fsp3) is 0. The first-order chi connectivity index (χ1) is 9.88. The van der Waals surface area contributed by atoms with Gasteiger partial charge in [-0.05, 0) is 30.3 Å². The molecule has 0 bridgehead atoms. The Morgan fingerprint density at radius 2 is 1.71 bits per heavy atom. The smallest absolute Gasteiger partial charge is 0.314 e. The number of hydrogen-bond acceptors (Lipinski definition) is 4. The van der Waals surface area contributed by atoms with Crippen molar-refractivity contribution in [2.45, 2.75) is 0 Å². The summed E-state index contributed by atoms with van der Waals surface area (Å²) in [5.41, 5.74) is 4.65. The second-order valence-corrected chi connectivity index (χ2v) is 4.03. The van der Waals surface area contributed by atoms with E-state index >= 15 is 0 Å². The van der Waals surface area contributed by atoms with Crippen molar-refractivity contribution in [2.24, 2.45) is 5.73 Å². The van der Waals surface area contributed by atoms with Gasteiger partial charge in [-0.25, -0.2) is 8.78 Å². The lowest BCUT2D eigenvalue weighted by Crippen LogP contribution is -2.12. The summed E-state index contributed by atoms with van der Waals surface area (Å²) in [6, 6.07) is 5.95. The molecule has 6 nitrogen and oxygen atoms in total. The SMILES string of the molecule is N=C(N)c1cc(F)ccc1Oc1ccc(F)cc1[N+](=O)[O-]. The van der Waals surface area contributed by atoms with E-state index in [4.69, 9.17) is 15.9 Å². The van der Waals surface area contributed by atoms with Crippen LogP contribution in [0.15, 0.2) is 36.4 Å². The quantitative estimate of drug-likeness (QED) is 0.391. The van der Waals surface area contributed by atoms with Gasteiger partial charge in [0.25, 0.3) is 0 Å². The normalized spacial score (nSPS) is 10.2. The maximum Gasteiger partial charge on any atom is 0.314 e. The Morgan fingerprint density at radius 3 is 2.29 bits per heavy atom. The third-order valence-corrected chi connectivity index (χ3v) is 2.57. The van der Waals surface area contributed by atoms with Crippen molar-refractivity contribution in [3.8, 4) is 11.5 Å². The number of rotatable bonds is 4. The van der Waals surface area contributed by atoms with Crippen molar-refractivity contribution < 1.29 is 18.4 Å². The van der Waals surface area contributed by atoms with Gasteiger partial charge in [-0.1, -0.05) is 0 Å². The highest BCUT2D eigenvalue weighted by atomic mass is 19.1. The van der Waals surface area contributed by atoms with E-state index in [2.05, 4.69) is 0 Å². The summed E-state index contributed by atoms with van der Waals surface area (Å²) in [5, 5.41) is 18.2. The fourth-order valence-corrected chi connectivity index (χ4v) is 1.64. The van der Waals surface area contributed by atoms with E-state index in [1.807, 2.05) is 0 Å². The van der Waals surface area contributed by atoms with Gasteiger partial charge in [-0.15, -0.1) is 0 Å². The minimum absolute atomic E-state index is 0.0430. The number of benzene rings is 2. The predicted octanol–water partition coefficient (Wildman–Crippen LogP) is 2.95. The number of hydrogen-bond donors (Lipinski definition) is 2. The first-order valence-electron chi connectivity index (χ1n) is 5.64. The van der Waals surface area contributed by atoms with Crippen LogP contribution in [0.5, 0.6) is 11.5 Å². The molecule has 0 aliphatic heterocycles. The largest absolute Gasteiger partial charge is 0.449 e. The Bertz CT molecular complexity index is 673. The van der Waals surface area contributed by atoms with E-state index in [0.29, 0.717) is 6.07 Å². The van der Waals surface area contributed by atoms with Crippen LogP contribution in [0.4, 0.5) is 14.5 Å². The topological polar surface area (TPSA) is 102 Å². The number of nitro groups is 1. The van der Waals surface area contributed by atoms with Crippen LogP contribution in [0.25, 0.3) is 0 Å². The van der Waals surface area contributed by atoms with Gasteiger partial charge in [0.15, 0.2) is 0 Å². The molecule has 2 aromatic rings. The van der Waals surface area contributed by atoms with Crippen LogP contribution in [-0.2, 0) is 0 Å². The molecular weight excluding hydrogens is 284 g/mol. The Kier molecular flexibility index (Phi) is 3.79. The summed E-state index contributed by atoms with van der Waals surface area (Å²) in [4.78, 5) is 10.1. The second kappa shape index (κ2) is 5.53. The van der Waals surface area contributed by atoms with Crippen molar-refractivity contribution >= 4 is 11.5 Å². The fourth-order valence-electron chi connectivity index (χ4n) is 1.64. The number of nitrogens with one attached hydrogen (secondary N) is 1. The van der Waals surface area contributed by atoms with Crippen LogP contribution in [0.2, 0.25) is 0 Å². The molecule has 21 heavy (non-hydrogen) atoms. The van der Waals surface area contributed by atoms with E-state index < -0.39 is 28.1 Å². The predicted molar refractivity (Wildman–Crippen MR) is 70.5 cm³/mol. The van der Waals surface area contributed by atoms with Crippen LogP contribution >= 0.6 is 0 Å². The number of nitrogen functional groups attached to an aromatic ring is 1. The number of nitrogens with two attached hydrogens (primary N) is 1. The number of nitro benzene ring substituents is 1. The molecule has 0 aliphatic rings. The third-order valence-electron chi connectivity index (χ3n) is 2.57. The molecule has 2 rings (SSSR count). The molecule has 108 valence electrons. The molecule has 0 saturated heterocycles. The molecule has 0 atom stereocenters. The van der Waals surface area contributed by atoms with Crippen LogP contribution in [-0.4, -0.2) is 10.8 Å². The van der Waals surface area contributed by atoms with E-state index in [-0.39, 0.29) is 17.1 Å². The number of ether oxygens (including phenoxy) is 1. The van der Waals surface area contributed by atoms with Crippen molar-refractivity contribution in [1.29, 1.82) is 5.41 Å². The Balaban J connectivity index is 2.48. The summed E-state index contributed by atoms with van der Waals surface area (Å²) < 4.78 is 31.5. The van der Waals surface area contributed by atoms with Gasteiger partial charge in [0, 0.05) is 0 Å². The minimum Gasteiger partial charge on any atom is -0.449 e. The molecule has 0 saturated carbocycles. The Hall–Kier alpha value is -3.03. The zero-order valence-electron chi connectivity index (χ0n) is 10.5. The highest BCUT2D eigenvalue weighted by Crippen LogP contribution is 2.33. The molecule has 0 heterocycles. The van der Waals surface area contributed by atoms with Crippen LogP contribution in [0.3, 0.4) is 0 Å². The van der Waals surface area contributed by atoms with Gasteiger partial charge in [-0.2, -0.15) is 0 Å². The third kappa shape index (κ3) is 3.11. The lowest BCUT2D eigenvalue weighted by atomic mass is 10.2. The maximum atomic E-state index is 13.1. The lowest BCUT2D eigenvalue weighted by molar-refractivity contribution is -0.385. The van der Waals surface area contributed by atoms with Crippen molar-refractivity contribution in [1.82, 2.24) is 0 Å². The van der Waals surface area contributed by atoms with E-state index in [9.17, 15) is 18.9 Å². The minimum atomic E-state index is -0.810. The lowest BCUT2D eigenvalue weighted by Gasteiger charge is -2.10. The average molecular weight is 293 g/mol. The van der Waals surface area contributed by atoms with Gasteiger partial charge in [0.05, 0.1) is 16.6 Å². The molecule has 0 fully saturated rings. The Morgan fingerprint density at radius 1 is 1.14 bits per heavy atom. The molecule has 0 spiro atoms. The highest BCUT2D eigenvalue weighted by molar-refractivity contribution is 5.97. The van der Waals surface area contributed by atoms with Gasteiger partial charge in [0.2, 0.25) is 5.75 Å². The second-order valence-electron chi connectivity index (χ2n) is 4.03. The van der Waals surface area contributed by atoms with Gasteiger partial charge < -0.3 is 10.5 Å². The van der Waals surface area contributed by atoms with E-state index in [0.717, 1.165) is 24.3 Å². The van der Waals surface area contributed by atoms with Gasteiger partial charge >= 0.3 is 5.69 Å². The molecule has 0 radical (unpaired) electrons. The molecule has 0 unspecified atom stereocenters. The van der Waals surface area contributed by atoms with Crippen molar-refractivity contribution in [2.75, 3.05) is 0 Å². The zero-order valence-corrected chi connectivity index (χ0v) is 10.5. The zero-order chi connectivity index (χ0) is 15.6. The molecule has 8 heteroatoms. The molecule has 0 aliphatic carbocycles. The summed E-state index contributed by atoms with van der Waals surface area (Å²) in [7, 11) is 0. The molecule has 2 aromatic carbocycles. The highest BCUT2D eigenvalue weighted by Gasteiger charge is 2.19. The molecule has 3 N–H and O–H groups in total. The molecule has 0 aromatic heterocycles. The monoisotopic (exact) mass is 293 g/mol. The van der Waals surface area contributed by atoms with Crippen molar-refractivity contribution in [3.05, 3.63) is 63.7 Å². The number of nitrogens with zero attached hydrogens (tertiary/aromatic N) is 1. The van der Waals surface area contributed by atoms with Crippen LogP contribution in [0, 0.1) is 27.2 Å².